The fourth-order valence-corrected chi connectivity index (χ4v) is 4.78. The molecule has 170 valence electrons. The highest BCUT2D eigenvalue weighted by atomic mass is 32.2. The van der Waals surface area contributed by atoms with E-state index < -0.39 is 39.7 Å². The Morgan fingerprint density at radius 1 is 1.10 bits per heavy atom. The zero-order valence-corrected chi connectivity index (χ0v) is 17.6. The molecular formula is C21H25F4N3O2S. The lowest BCUT2D eigenvalue weighted by Crippen LogP contribution is -2.47. The lowest BCUT2D eigenvalue weighted by molar-refractivity contribution is 0.160. The summed E-state index contributed by atoms with van der Waals surface area (Å²) in [6.07, 6.45) is -0.215. The first-order chi connectivity index (χ1) is 14.7. The first-order valence-electron chi connectivity index (χ1n) is 9.98. The summed E-state index contributed by atoms with van der Waals surface area (Å²) in [4.78, 5) is 1.75. The molecule has 3 N–H and O–H groups in total. The van der Waals surface area contributed by atoms with Gasteiger partial charge in [-0.15, -0.1) is 0 Å². The Hall–Kier alpha value is -2.01. The molecule has 1 aliphatic heterocycles. The van der Waals surface area contributed by atoms with Crippen molar-refractivity contribution in [3.8, 4) is 0 Å². The van der Waals surface area contributed by atoms with Crippen LogP contribution in [0.1, 0.15) is 18.4 Å². The lowest BCUT2D eigenvalue weighted by atomic mass is 10.0. The lowest BCUT2D eigenvalue weighted by Gasteiger charge is -2.28. The molecule has 0 spiro atoms. The smallest absolute Gasteiger partial charge is 0.240 e. The number of likely N-dealkylation sites (tertiary alicyclic amines) is 1. The predicted molar refractivity (Wildman–Crippen MR) is 109 cm³/mol. The fourth-order valence-electron chi connectivity index (χ4n) is 3.71. The molecule has 10 heteroatoms. The maximum atomic E-state index is 14.8. The predicted octanol–water partition coefficient (Wildman–Crippen LogP) is 2.75. The van der Waals surface area contributed by atoms with E-state index in [0.29, 0.717) is 13.0 Å². The van der Waals surface area contributed by atoms with Gasteiger partial charge in [0.05, 0.1) is 4.90 Å². The molecule has 0 radical (unpaired) electrons. The zero-order chi connectivity index (χ0) is 22.6. The van der Waals surface area contributed by atoms with Crippen LogP contribution in [0.5, 0.6) is 0 Å². The Balaban J connectivity index is 1.56. The number of benzene rings is 2. The average molecular weight is 460 g/mol. The number of sulfonamides is 1. The number of rotatable bonds is 9. The van der Waals surface area contributed by atoms with Crippen LogP contribution in [0.3, 0.4) is 0 Å². The number of nitrogens with two attached hydrogens (primary N) is 1. The van der Waals surface area contributed by atoms with Crippen molar-refractivity contribution in [3.63, 3.8) is 0 Å². The van der Waals surface area contributed by atoms with Gasteiger partial charge in [-0.05, 0) is 73.8 Å². The van der Waals surface area contributed by atoms with Gasteiger partial charge in [-0.2, -0.15) is 0 Å². The van der Waals surface area contributed by atoms with Crippen molar-refractivity contribution >= 4 is 10.0 Å². The quantitative estimate of drug-likeness (QED) is 0.566. The van der Waals surface area contributed by atoms with Crippen LogP contribution < -0.4 is 10.5 Å². The summed E-state index contributed by atoms with van der Waals surface area (Å²) < 4.78 is 82.1. The number of hydrogen-bond donors (Lipinski definition) is 2. The van der Waals surface area contributed by atoms with Gasteiger partial charge in [0.25, 0.3) is 0 Å². The van der Waals surface area contributed by atoms with Crippen molar-refractivity contribution in [2.45, 2.75) is 42.4 Å². The van der Waals surface area contributed by atoms with Crippen LogP contribution in [0, 0.1) is 17.5 Å². The highest BCUT2D eigenvalue weighted by Gasteiger charge is 2.30. The summed E-state index contributed by atoms with van der Waals surface area (Å²) in [6.45, 7) is 0.603. The number of alkyl halides is 1. The van der Waals surface area contributed by atoms with E-state index in [9.17, 15) is 26.0 Å². The molecule has 3 rings (SSSR count). The third-order valence-corrected chi connectivity index (χ3v) is 6.91. The van der Waals surface area contributed by atoms with Crippen molar-refractivity contribution in [1.29, 1.82) is 0 Å². The summed E-state index contributed by atoms with van der Waals surface area (Å²) >= 11 is 0. The number of halogens is 4. The van der Waals surface area contributed by atoms with Crippen molar-refractivity contribution in [3.05, 3.63) is 65.5 Å². The topological polar surface area (TPSA) is 75.4 Å². The van der Waals surface area contributed by atoms with E-state index in [1.54, 1.807) is 4.90 Å². The van der Waals surface area contributed by atoms with Crippen LogP contribution >= 0.6 is 0 Å². The molecule has 1 saturated heterocycles. The van der Waals surface area contributed by atoms with Crippen LogP contribution in [0.15, 0.2) is 47.4 Å². The molecule has 5 nitrogen and oxygen atoms in total. The van der Waals surface area contributed by atoms with E-state index in [2.05, 4.69) is 4.72 Å². The summed E-state index contributed by atoms with van der Waals surface area (Å²) in [5.41, 5.74) is 5.90. The van der Waals surface area contributed by atoms with Crippen LogP contribution in [-0.2, 0) is 16.4 Å². The second-order valence-corrected chi connectivity index (χ2v) is 9.48. The van der Waals surface area contributed by atoms with Gasteiger partial charge < -0.3 is 5.73 Å². The summed E-state index contributed by atoms with van der Waals surface area (Å²) in [6, 6.07) is 6.18. The molecule has 31 heavy (non-hydrogen) atoms. The minimum atomic E-state index is -3.82. The zero-order valence-electron chi connectivity index (χ0n) is 16.8. The highest BCUT2D eigenvalue weighted by Crippen LogP contribution is 2.20. The molecule has 2 aromatic carbocycles. The van der Waals surface area contributed by atoms with Crippen LogP contribution in [0.2, 0.25) is 0 Å². The maximum absolute atomic E-state index is 14.8. The van der Waals surface area contributed by atoms with E-state index in [1.165, 1.54) is 12.1 Å². The minimum Gasteiger partial charge on any atom is -0.325 e. The largest absolute Gasteiger partial charge is 0.325 e. The van der Waals surface area contributed by atoms with E-state index in [-0.39, 0.29) is 36.0 Å². The maximum Gasteiger partial charge on any atom is 0.240 e. The Morgan fingerprint density at radius 2 is 1.77 bits per heavy atom. The second-order valence-electron chi connectivity index (χ2n) is 7.72. The normalized spacial score (nSPS) is 19.5. The minimum absolute atomic E-state index is 0.0141. The van der Waals surface area contributed by atoms with Gasteiger partial charge in [-0.3, -0.25) is 4.90 Å². The van der Waals surface area contributed by atoms with Gasteiger partial charge in [-0.1, -0.05) is 0 Å². The molecule has 1 fully saturated rings. The molecule has 0 bridgehead atoms. The third kappa shape index (κ3) is 6.25. The summed E-state index contributed by atoms with van der Waals surface area (Å²) in [5, 5.41) is 0. The molecule has 0 amide bonds. The molecule has 3 atom stereocenters. The molecule has 2 aromatic rings. The Bertz CT molecular complexity index is 989. The first-order valence-corrected chi connectivity index (χ1v) is 11.5. The van der Waals surface area contributed by atoms with Gasteiger partial charge in [0, 0.05) is 25.2 Å². The monoisotopic (exact) mass is 459 g/mol. The van der Waals surface area contributed by atoms with E-state index in [4.69, 9.17) is 5.73 Å². The SMILES string of the molecule is NC(Cc1cc(F)ccc1F)C(F)CN1CCCC1CNS(=O)(=O)c1ccc(F)cc1. The molecule has 0 aliphatic carbocycles. The van der Waals surface area contributed by atoms with Crippen molar-refractivity contribution in [2.75, 3.05) is 19.6 Å². The average Bonchev–Trinajstić information content (AvgIpc) is 3.16. The Kier molecular flexibility index (Phi) is 7.68. The standard InChI is InChI=1S/C21H25F4N3O2S/c22-15-3-6-18(7-4-15)31(29,30)27-12-17-2-1-9-28(17)13-20(25)21(26)11-14-10-16(23)5-8-19(14)24/h3-8,10,17,20-21,27H,1-2,9,11-13,26H2. The van der Waals surface area contributed by atoms with Gasteiger partial charge >= 0.3 is 0 Å². The first kappa shape index (κ1) is 23.6. The van der Waals surface area contributed by atoms with Crippen molar-refractivity contribution in [1.82, 2.24) is 9.62 Å². The Morgan fingerprint density at radius 3 is 2.48 bits per heavy atom. The number of hydrogen-bond acceptors (Lipinski definition) is 4. The van der Waals surface area contributed by atoms with E-state index in [0.717, 1.165) is 36.8 Å². The molecule has 1 aliphatic rings. The Labute approximate surface area is 179 Å². The van der Waals surface area contributed by atoms with Crippen LogP contribution in [0.25, 0.3) is 0 Å². The van der Waals surface area contributed by atoms with E-state index >= 15 is 0 Å². The van der Waals surface area contributed by atoms with Crippen molar-refractivity contribution < 1.29 is 26.0 Å². The molecular weight excluding hydrogens is 434 g/mol. The number of nitrogens with one attached hydrogen (secondary N) is 1. The van der Waals surface area contributed by atoms with Gasteiger partial charge in [0.2, 0.25) is 10.0 Å². The molecule has 0 saturated carbocycles. The van der Waals surface area contributed by atoms with E-state index in [1.807, 2.05) is 0 Å². The summed E-state index contributed by atoms with van der Waals surface area (Å²) in [7, 11) is -3.82. The van der Waals surface area contributed by atoms with Crippen LogP contribution in [-0.4, -0.2) is 51.2 Å². The van der Waals surface area contributed by atoms with Crippen molar-refractivity contribution in [2.24, 2.45) is 5.73 Å². The second kappa shape index (κ2) is 10.1. The molecule has 3 unspecified atom stereocenters. The van der Waals surface area contributed by atoms with Crippen LogP contribution in [0.4, 0.5) is 17.6 Å². The number of nitrogens with zero attached hydrogens (tertiary/aromatic N) is 1. The summed E-state index contributed by atoms with van der Waals surface area (Å²) in [5.74, 6) is -1.80. The molecule has 1 heterocycles. The van der Waals surface area contributed by atoms with Gasteiger partial charge in [-0.25, -0.2) is 30.7 Å². The third-order valence-electron chi connectivity index (χ3n) is 5.47. The highest BCUT2D eigenvalue weighted by molar-refractivity contribution is 7.89. The fraction of sp³-hybridized carbons (Fsp3) is 0.429. The van der Waals surface area contributed by atoms with Gasteiger partial charge in [0.1, 0.15) is 23.6 Å². The molecule has 0 aromatic heterocycles. The van der Waals surface area contributed by atoms with Gasteiger partial charge in [0.15, 0.2) is 0 Å².